The topological polar surface area (TPSA) is 89.9 Å². The number of allylic oxidation sites excluding steroid dienone is 1. The molecule has 0 unspecified atom stereocenters. The van der Waals surface area contributed by atoms with Gasteiger partial charge in [-0.2, -0.15) is 8.42 Å². The minimum atomic E-state index is -4.24. The van der Waals surface area contributed by atoms with E-state index >= 15 is 0 Å². The summed E-state index contributed by atoms with van der Waals surface area (Å²) < 4.78 is 32.8. The van der Waals surface area contributed by atoms with Crippen molar-refractivity contribution in [1.29, 1.82) is 0 Å². The monoisotopic (exact) mass is 558 g/mol. The number of aliphatic hydroxyl groups excluding tert-OH is 1. The zero-order valence-corrected chi connectivity index (χ0v) is 23.5. The zero-order valence-electron chi connectivity index (χ0n) is 22.7. The standard InChI is InChI=1S/C28H54O6S.K.H/c1-3-5-7-9-10-15-18-22-26-33-35(31,32)34-28(30)25-21-17-14-12-11-13-16-20-24-27(29)23-19-8-6-4-2;;/h16,20,27,29H,3-15,17-19,21-26H2,1-2H3;;/b20-16-;;/t27-;;/m1../s1. The summed E-state index contributed by atoms with van der Waals surface area (Å²) in [4.78, 5) is 11.8. The van der Waals surface area contributed by atoms with Crippen molar-refractivity contribution in [1.82, 2.24) is 0 Å². The van der Waals surface area contributed by atoms with E-state index in [2.05, 4.69) is 30.2 Å². The molecule has 1 N–H and O–H groups in total. The number of aliphatic hydroxyl groups is 1. The van der Waals surface area contributed by atoms with Gasteiger partial charge in [-0.25, -0.2) is 4.18 Å². The van der Waals surface area contributed by atoms with Gasteiger partial charge >= 0.3 is 67.8 Å². The third-order valence-corrected chi connectivity index (χ3v) is 6.98. The molecular formula is C28H55KO6S. The van der Waals surface area contributed by atoms with E-state index < -0.39 is 16.4 Å². The van der Waals surface area contributed by atoms with Gasteiger partial charge in [0.05, 0.1) is 12.7 Å². The van der Waals surface area contributed by atoms with E-state index in [4.69, 9.17) is 4.18 Å². The van der Waals surface area contributed by atoms with Gasteiger partial charge in [-0.3, -0.25) is 4.79 Å². The molecule has 0 aliphatic heterocycles. The van der Waals surface area contributed by atoms with Crippen LogP contribution in [0, 0.1) is 0 Å². The summed E-state index contributed by atoms with van der Waals surface area (Å²) in [6, 6.07) is 0. The molecule has 0 amide bonds. The van der Waals surface area contributed by atoms with Gasteiger partial charge in [0.1, 0.15) is 0 Å². The Bertz CT molecular complexity index is 609. The molecule has 0 aromatic rings. The van der Waals surface area contributed by atoms with E-state index in [1.807, 2.05) is 0 Å². The number of unbranched alkanes of at least 4 members (excludes halogenated alkanes) is 15. The Morgan fingerprint density at radius 2 is 1.28 bits per heavy atom. The van der Waals surface area contributed by atoms with Crippen molar-refractivity contribution in [3.63, 3.8) is 0 Å². The number of carbonyl (C=O) groups excluding carboxylic acids is 1. The van der Waals surface area contributed by atoms with Crippen molar-refractivity contribution in [3.05, 3.63) is 12.2 Å². The van der Waals surface area contributed by atoms with E-state index in [9.17, 15) is 18.3 Å². The molecule has 0 spiro atoms. The fourth-order valence-corrected chi connectivity index (χ4v) is 4.62. The maximum atomic E-state index is 11.8. The van der Waals surface area contributed by atoms with Crippen molar-refractivity contribution >= 4 is 67.8 Å². The van der Waals surface area contributed by atoms with Crippen LogP contribution in [0.25, 0.3) is 0 Å². The number of rotatable bonds is 26. The van der Waals surface area contributed by atoms with Gasteiger partial charge in [0, 0.05) is 6.42 Å². The molecule has 6 nitrogen and oxygen atoms in total. The van der Waals surface area contributed by atoms with Gasteiger partial charge in [-0.1, -0.05) is 116 Å². The van der Waals surface area contributed by atoms with Crippen LogP contribution in [-0.2, 0) is 23.6 Å². The average molecular weight is 559 g/mol. The normalized spacial score (nSPS) is 12.5. The van der Waals surface area contributed by atoms with Crippen molar-refractivity contribution < 1.29 is 26.7 Å². The van der Waals surface area contributed by atoms with Crippen LogP contribution in [0.4, 0.5) is 0 Å². The molecular weight excluding hydrogens is 503 g/mol. The molecule has 0 bridgehead atoms. The van der Waals surface area contributed by atoms with Gasteiger partial charge in [0.15, 0.2) is 0 Å². The Kier molecular flexibility index (Phi) is 31.0. The fraction of sp³-hybridized carbons (Fsp3) is 0.893. The summed E-state index contributed by atoms with van der Waals surface area (Å²) in [5.41, 5.74) is 0. The quantitative estimate of drug-likeness (QED) is 0.0681. The number of carbonyl (C=O) groups is 1. The van der Waals surface area contributed by atoms with E-state index in [1.165, 1.54) is 51.4 Å². The molecule has 0 saturated heterocycles. The van der Waals surface area contributed by atoms with Crippen LogP contribution in [0.3, 0.4) is 0 Å². The first-order valence-corrected chi connectivity index (χ1v) is 15.7. The van der Waals surface area contributed by atoms with E-state index in [1.54, 1.807) is 0 Å². The first-order valence-electron chi connectivity index (χ1n) is 14.4. The van der Waals surface area contributed by atoms with Crippen LogP contribution in [0.5, 0.6) is 0 Å². The summed E-state index contributed by atoms with van der Waals surface area (Å²) in [5.74, 6) is -0.739. The number of hydrogen-bond acceptors (Lipinski definition) is 6. The molecule has 0 aliphatic rings. The predicted octanol–water partition coefficient (Wildman–Crippen LogP) is 7.29. The zero-order chi connectivity index (χ0) is 26.0. The van der Waals surface area contributed by atoms with Gasteiger partial charge in [-0.15, -0.1) is 0 Å². The van der Waals surface area contributed by atoms with Gasteiger partial charge in [0.25, 0.3) is 0 Å². The van der Waals surface area contributed by atoms with E-state index in [-0.39, 0.29) is 70.5 Å². The fourth-order valence-electron chi connectivity index (χ4n) is 3.93. The van der Waals surface area contributed by atoms with Gasteiger partial charge in [0.2, 0.25) is 0 Å². The predicted molar refractivity (Wildman–Crippen MR) is 152 cm³/mol. The van der Waals surface area contributed by atoms with E-state index in [0.29, 0.717) is 12.8 Å². The molecule has 0 heterocycles. The Morgan fingerprint density at radius 1 is 0.750 bits per heavy atom. The van der Waals surface area contributed by atoms with Crippen LogP contribution in [0.1, 0.15) is 149 Å². The first kappa shape index (κ1) is 38.9. The SMILES string of the molecule is CCCCCCCCCCOS(=O)(=O)OC(=O)CCCCCCC/C=C\C[C@H](O)CCCCCC.[KH]. The van der Waals surface area contributed by atoms with Crippen LogP contribution in [-0.4, -0.2) is 83.6 Å². The van der Waals surface area contributed by atoms with Gasteiger partial charge in [-0.05, 0) is 38.5 Å². The minimum absolute atomic E-state index is 0. The van der Waals surface area contributed by atoms with Crippen LogP contribution >= 0.6 is 0 Å². The molecule has 0 radical (unpaired) electrons. The summed E-state index contributed by atoms with van der Waals surface area (Å²) in [6.45, 7) is 4.45. The van der Waals surface area contributed by atoms with Crippen LogP contribution < -0.4 is 0 Å². The molecule has 0 aliphatic carbocycles. The molecule has 210 valence electrons. The van der Waals surface area contributed by atoms with Crippen molar-refractivity contribution in [3.8, 4) is 0 Å². The van der Waals surface area contributed by atoms with Gasteiger partial charge < -0.3 is 9.29 Å². The second-order valence-corrected chi connectivity index (χ2v) is 10.9. The van der Waals surface area contributed by atoms with Crippen molar-refractivity contribution in [2.45, 2.75) is 155 Å². The molecule has 0 fully saturated rings. The van der Waals surface area contributed by atoms with E-state index in [0.717, 1.165) is 64.2 Å². The summed E-state index contributed by atoms with van der Waals surface area (Å²) in [6.07, 6.45) is 25.0. The molecule has 1 atom stereocenters. The molecule has 0 aromatic heterocycles. The second kappa shape index (κ2) is 28.7. The van der Waals surface area contributed by atoms with Crippen LogP contribution in [0.2, 0.25) is 0 Å². The summed E-state index contributed by atoms with van der Waals surface area (Å²) in [7, 11) is -4.24. The summed E-state index contributed by atoms with van der Waals surface area (Å²) >= 11 is 0. The molecule has 0 saturated carbocycles. The third-order valence-electron chi connectivity index (χ3n) is 6.14. The second-order valence-electron chi connectivity index (χ2n) is 9.68. The molecule has 8 heteroatoms. The Morgan fingerprint density at radius 3 is 1.92 bits per heavy atom. The molecule has 0 aromatic carbocycles. The van der Waals surface area contributed by atoms with Crippen molar-refractivity contribution in [2.24, 2.45) is 0 Å². The van der Waals surface area contributed by atoms with Crippen molar-refractivity contribution in [2.75, 3.05) is 6.61 Å². The first-order chi connectivity index (χ1) is 16.9. The Balaban J connectivity index is 0. The number of hydrogen-bond donors (Lipinski definition) is 1. The third kappa shape index (κ3) is 29.3. The average Bonchev–Trinajstić information content (AvgIpc) is 2.81. The summed E-state index contributed by atoms with van der Waals surface area (Å²) in [5, 5.41) is 9.93. The van der Waals surface area contributed by atoms with Crippen LogP contribution in [0.15, 0.2) is 12.2 Å². The maximum absolute atomic E-state index is 11.8. The Hall–Kier alpha value is 0.716. The molecule has 0 rings (SSSR count). The Labute approximate surface area is 265 Å². The molecule has 36 heavy (non-hydrogen) atoms.